The van der Waals surface area contributed by atoms with E-state index >= 15 is 0 Å². The zero-order valence-corrected chi connectivity index (χ0v) is 19.1. The average molecular weight is 485 g/mol. The summed E-state index contributed by atoms with van der Waals surface area (Å²) in [6, 6.07) is 27.5. The number of ether oxygens (including phenoxy) is 2. The molecule has 3 nitrogen and oxygen atoms in total. The first-order chi connectivity index (χ1) is 15.6. The summed E-state index contributed by atoms with van der Waals surface area (Å²) in [4.78, 5) is 12.4. The molecule has 158 valence electrons. The smallest absolute Gasteiger partial charge is 0.336 e. The lowest BCUT2D eigenvalue weighted by Crippen LogP contribution is -2.25. The molecular formula is C28H21BrO3. The van der Waals surface area contributed by atoms with E-state index in [4.69, 9.17) is 9.47 Å². The van der Waals surface area contributed by atoms with E-state index in [-0.39, 0.29) is 11.5 Å². The number of esters is 1. The molecule has 0 unspecified atom stereocenters. The van der Waals surface area contributed by atoms with Gasteiger partial charge in [0.15, 0.2) is 0 Å². The van der Waals surface area contributed by atoms with Crippen molar-refractivity contribution in [2.24, 2.45) is 0 Å². The van der Waals surface area contributed by atoms with Gasteiger partial charge in [0.2, 0.25) is 0 Å². The van der Waals surface area contributed by atoms with Gasteiger partial charge >= 0.3 is 5.97 Å². The third-order valence-corrected chi connectivity index (χ3v) is 6.01. The van der Waals surface area contributed by atoms with Gasteiger partial charge in [-0.15, -0.1) is 0 Å². The standard InChI is InChI=1S/C28H21BrO3/c1-19(28(30)31-2)26-25(22-15-9-10-16-24(22)29)23(18-17-20-11-5-3-6-12-20)27(32-26)21-13-7-4-8-14-21/h3-16,25-26H,1H2,2H3/t25-,26+/m0/s1. The molecular weight excluding hydrogens is 464 g/mol. The summed E-state index contributed by atoms with van der Waals surface area (Å²) >= 11 is 3.66. The molecule has 0 aliphatic carbocycles. The number of halogens is 1. The molecule has 0 saturated carbocycles. The number of hydrogen-bond acceptors (Lipinski definition) is 3. The molecule has 4 rings (SSSR count). The third-order valence-electron chi connectivity index (χ3n) is 5.29. The molecule has 1 heterocycles. The summed E-state index contributed by atoms with van der Waals surface area (Å²) in [5.74, 6) is 6.42. The van der Waals surface area contributed by atoms with E-state index in [9.17, 15) is 4.79 Å². The van der Waals surface area contributed by atoms with E-state index in [1.54, 1.807) is 0 Å². The van der Waals surface area contributed by atoms with Gasteiger partial charge in [-0.2, -0.15) is 0 Å². The molecule has 4 heteroatoms. The second-order valence-corrected chi connectivity index (χ2v) is 8.13. The second kappa shape index (κ2) is 9.72. The van der Waals surface area contributed by atoms with Crippen LogP contribution in [0.3, 0.4) is 0 Å². The fraction of sp³-hybridized carbons (Fsp3) is 0.107. The van der Waals surface area contributed by atoms with Gasteiger partial charge in [-0.05, 0) is 23.8 Å². The van der Waals surface area contributed by atoms with Gasteiger partial charge in [-0.1, -0.05) is 101 Å². The minimum atomic E-state index is -0.642. The van der Waals surface area contributed by atoms with E-state index < -0.39 is 12.1 Å². The van der Waals surface area contributed by atoms with Crippen LogP contribution in [0, 0.1) is 11.8 Å². The Morgan fingerprint density at radius 1 is 0.938 bits per heavy atom. The minimum absolute atomic E-state index is 0.248. The van der Waals surface area contributed by atoms with Crippen LogP contribution in [0.1, 0.15) is 22.6 Å². The van der Waals surface area contributed by atoms with Crippen molar-refractivity contribution in [1.29, 1.82) is 0 Å². The Morgan fingerprint density at radius 2 is 1.56 bits per heavy atom. The summed E-state index contributed by atoms with van der Waals surface area (Å²) in [5.41, 5.74) is 3.79. The molecule has 0 aromatic heterocycles. The van der Waals surface area contributed by atoms with Crippen LogP contribution in [0.5, 0.6) is 0 Å². The van der Waals surface area contributed by atoms with Crippen LogP contribution in [0.25, 0.3) is 5.76 Å². The molecule has 0 radical (unpaired) electrons. The van der Waals surface area contributed by atoms with Crippen LogP contribution in [-0.4, -0.2) is 19.2 Å². The first kappa shape index (κ1) is 21.7. The number of benzene rings is 3. The lowest BCUT2D eigenvalue weighted by atomic mass is 9.84. The van der Waals surface area contributed by atoms with Crippen molar-refractivity contribution >= 4 is 27.7 Å². The second-order valence-electron chi connectivity index (χ2n) is 7.28. The molecule has 0 bridgehead atoms. The lowest BCUT2D eigenvalue weighted by Gasteiger charge is -2.22. The van der Waals surface area contributed by atoms with Crippen molar-refractivity contribution in [2.75, 3.05) is 7.11 Å². The number of carbonyl (C=O) groups is 1. The van der Waals surface area contributed by atoms with Crippen LogP contribution >= 0.6 is 15.9 Å². The fourth-order valence-corrected chi connectivity index (χ4v) is 4.26. The Hall–Kier alpha value is -3.55. The summed E-state index contributed by atoms with van der Waals surface area (Å²) in [5, 5.41) is 0. The van der Waals surface area contributed by atoms with Crippen LogP contribution in [0.15, 0.2) is 107 Å². The van der Waals surface area contributed by atoms with Gasteiger partial charge in [-0.3, -0.25) is 0 Å². The summed E-state index contributed by atoms with van der Waals surface area (Å²) < 4.78 is 12.3. The van der Waals surface area contributed by atoms with Gasteiger partial charge in [0.1, 0.15) is 11.9 Å². The predicted octanol–water partition coefficient (Wildman–Crippen LogP) is 6.12. The number of hydrogen-bond donors (Lipinski definition) is 0. The summed E-state index contributed by atoms with van der Waals surface area (Å²) in [6.45, 7) is 4.00. The minimum Gasteiger partial charge on any atom is -0.483 e. The van der Waals surface area contributed by atoms with Gasteiger partial charge in [0, 0.05) is 15.6 Å². The van der Waals surface area contributed by atoms with Crippen molar-refractivity contribution in [3.8, 4) is 11.8 Å². The van der Waals surface area contributed by atoms with Gasteiger partial charge in [-0.25, -0.2) is 4.79 Å². The van der Waals surface area contributed by atoms with Gasteiger partial charge < -0.3 is 9.47 Å². The number of methoxy groups -OCH3 is 1. The molecule has 32 heavy (non-hydrogen) atoms. The zero-order chi connectivity index (χ0) is 22.5. The highest BCUT2D eigenvalue weighted by molar-refractivity contribution is 9.10. The Labute approximate surface area is 196 Å². The maximum Gasteiger partial charge on any atom is 0.336 e. The van der Waals surface area contributed by atoms with Crippen molar-refractivity contribution in [2.45, 2.75) is 12.0 Å². The normalized spacial score (nSPS) is 17.2. The van der Waals surface area contributed by atoms with E-state index in [0.29, 0.717) is 5.76 Å². The highest BCUT2D eigenvalue weighted by Gasteiger charge is 2.42. The van der Waals surface area contributed by atoms with Gasteiger partial charge in [0.25, 0.3) is 0 Å². The molecule has 0 N–H and O–H groups in total. The molecule has 3 aromatic rings. The molecule has 0 fully saturated rings. The van der Waals surface area contributed by atoms with Crippen LogP contribution < -0.4 is 0 Å². The molecule has 0 saturated heterocycles. The Balaban J connectivity index is 1.92. The van der Waals surface area contributed by atoms with Crippen molar-refractivity contribution in [3.05, 3.63) is 124 Å². The first-order valence-corrected chi connectivity index (χ1v) is 10.9. The summed E-state index contributed by atoms with van der Waals surface area (Å²) in [7, 11) is 1.34. The zero-order valence-electron chi connectivity index (χ0n) is 17.5. The predicted molar refractivity (Wildman–Crippen MR) is 130 cm³/mol. The molecule has 0 amide bonds. The third kappa shape index (κ3) is 4.39. The fourth-order valence-electron chi connectivity index (χ4n) is 3.73. The van der Waals surface area contributed by atoms with E-state index in [0.717, 1.165) is 26.7 Å². The number of rotatable bonds is 4. The maximum absolute atomic E-state index is 12.4. The largest absolute Gasteiger partial charge is 0.483 e. The lowest BCUT2D eigenvalue weighted by molar-refractivity contribution is -0.137. The van der Waals surface area contributed by atoms with Crippen molar-refractivity contribution in [1.82, 2.24) is 0 Å². The Kier molecular flexibility index (Phi) is 6.58. The quantitative estimate of drug-likeness (QED) is 0.254. The van der Waals surface area contributed by atoms with Crippen LogP contribution in [0.4, 0.5) is 0 Å². The summed E-state index contributed by atoms with van der Waals surface area (Å²) in [6.07, 6.45) is -0.642. The first-order valence-electron chi connectivity index (χ1n) is 10.1. The molecule has 2 atom stereocenters. The van der Waals surface area contributed by atoms with Crippen LogP contribution in [-0.2, 0) is 14.3 Å². The number of carbonyl (C=O) groups excluding carboxylic acids is 1. The molecule has 3 aromatic carbocycles. The highest BCUT2D eigenvalue weighted by Crippen LogP contribution is 2.47. The molecule has 1 aliphatic heterocycles. The van der Waals surface area contributed by atoms with Gasteiger partial charge in [0.05, 0.1) is 24.2 Å². The van der Waals surface area contributed by atoms with E-state index in [2.05, 4.69) is 34.3 Å². The Morgan fingerprint density at radius 3 is 2.22 bits per heavy atom. The van der Waals surface area contributed by atoms with E-state index in [1.807, 2.05) is 84.9 Å². The highest BCUT2D eigenvalue weighted by atomic mass is 79.9. The van der Waals surface area contributed by atoms with Crippen LogP contribution in [0.2, 0.25) is 0 Å². The van der Waals surface area contributed by atoms with Crippen molar-refractivity contribution < 1.29 is 14.3 Å². The topological polar surface area (TPSA) is 35.5 Å². The monoisotopic (exact) mass is 484 g/mol. The van der Waals surface area contributed by atoms with E-state index in [1.165, 1.54) is 7.11 Å². The molecule has 1 aliphatic rings. The molecule has 0 spiro atoms. The average Bonchev–Trinajstić information content (AvgIpc) is 3.22. The Bertz CT molecular complexity index is 1230. The maximum atomic E-state index is 12.4. The SMILES string of the molecule is C=C(C(=O)OC)[C@H]1OC(c2ccccc2)=C(C#Cc2ccccc2)[C@@H]1c1ccccc1Br. The van der Waals surface area contributed by atoms with Crippen molar-refractivity contribution in [3.63, 3.8) is 0 Å².